The van der Waals surface area contributed by atoms with Gasteiger partial charge < -0.3 is 10.6 Å². The van der Waals surface area contributed by atoms with E-state index < -0.39 is 0 Å². The van der Waals surface area contributed by atoms with Gasteiger partial charge in [0.05, 0.1) is 0 Å². The maximum absolute atomic E-state index is 11.6. The van der Waals surface area contributed by atoms with Gasteiger partial charge in [-0.2, -0.15) is 0 Å². The molecule has 0 bridgehead atoms. The molecule has 1 aliphatic rings. The molecule has 4 nitrogen and oxygen atoms in total. The molecule has 1 amide bonds. The van der Waals surface area contributed by atoms with E-state index in [2.05, 4.69) is 15.6 Å². The summed E-state index contributed by atoms with van der Waals surface area (Å²) >= 11 is 0. The molecule has 1 aliphatic heterocycles. The molecule has 1 fully saturated rings. The van der Waals surface area contributed by atoms with E-state index in [0.29, 0.717) is 18.9 Å². The van der Waals surface area contributed by atoms with Gasteiger partial charge in [0, 0.05) is 30.9 Å². The molecule has 1 aromatic heterocycles. The van der Waals surface area contributed by atoms with Crippen molar-refractivity contribution in [1.82, 2.24) is 15.6 Å². The highest BCUT2D eigenvalue weighted by Crippen LogP contribution is 2.01. The van der Waals surface area contributed by atoms with Crippen molar-refractivity contribution < 1.29 is 4.79 Å². The normalized spacial score (nSPS) is 19.6. The summed E-state index contributed by atoms with van der Waals surface area (Å²) < 4.78 is 0. The smallest absolute Gasteiger partial charge is 0.220 e. The molecule has 1 aromatic rings. The van der Waals surface area contributed by atoms with Gasteiger partial charge in [-0.15, -0.1) is 0 Å². The van der Waals surface area contributed by atoms with Gasteiger partial charge in [-0.1, -0.05) is 6.07 Å². The van der Waals surface area contributed by atoms with Gasteiger partial charge in [0.15, 0.2) is 0 Å². The lowest BCUT2D eigenvalue weighted by atomic mass is 10.2. The van der Waals surface area contributed by atoms with Crippen molar-refractivity contribution in [1.29, 1.82) is 0 Å². The van der Waals surface area contributed by atoms with E-state index in [-0.39, 0.29) is 5.91 Å². The third-order valence-electron chi connectivity index (χ3n) is 2.76. The lowest BCUT2D eigenvalue weighted by molar-refractivity contribution is -0.121. The van der Waals surface area contributed by atoms with Crippen molar-refractivity contribution in [3.05, 3.63) is 30.1 Å². The summed E-state index contributed by atoms with van der Waals surface area (Å²) in [6, 6.07) is 6.09. The van der Waals surface area contributed by atoms with Crippen LogP contribution in [0.25, 0.3) is 0 Å². The SMILES string of the molecule is O=C(CCc1ccccn1)N[C@H]1CCNC1. The molecule has 0 saturated carbocycles. The first-order valence-electron chi connectivity index (χ1n) is 5.74. The largest absolute Gasteiger partial charge is 0.352 e. The van der Waals surface area contributed by atoms with Crippen LogP contribution in [0.3, 0.4) is 0 Å². The summed E-state index contributed by atoms with van der Waals surface area (Å²) in [5.41, 5.74) is 0.974. The maximum atomic E-state index is 11.6. The Bertz CT molecular complexity index is 333. The van der Waals surface area contributed by atoms with Gasteiger partial charge in [0.1, 0.15) is 0 Å². The van der Waals surface area contributed by atoms with E-state index in [9.17, 15) is 4.79 Å². The molecule has 2 N–H and O–H groups in total. The first kappa shape index (κ1) is 11.1. The number of aromatic nitrogens is 1. The second-order valence-corrected chi connectivity index (χ2v) is 4.08. The van der Waals surface area contributed by atoms with Crippen LogP contribution in [0, 0.1) is 0 Å². The van der Waals surface area contributed by atoms with E-state index in [1.54, 1.807) is 6.20 Å². The summed E-state index contributed by atoms with van der Waals surface area (Å²) in [4.78, 5) is 15.8. The zero-order chi connectivity index (χ0) is 11.2. The molecular formula is C12H17N3O. The molecule has 0 radical (unpaired) electrons. The monoisotopic (exact) mass is 219 g/mol. The van der Waals surface area contributed by atoms with Gasteiger partial charge in [-0.25, -0.2) is 0 Å². The third kappa shape index (κ3) is 3.31. The number of carbonyl (C=O) groups excluding carboxylic acids is 1. The minimum atomic E-state index is 0.124. The summed E-state index contributed by atoms with van der Waals surface area (Å²) in [5, 5.41) is 6.24. The minimum Gasteiger partial charge on any atom is -0.352 e. The van der Waals surface area contributed by atoms with E-state index in [1.807, 2.05) is 18.2 Å². The van der Waals surface area contributed by atoms with Gasteiger partial charge in [0.2, 0.25) is 5.91 Å². The van der Waals surface area contributed by atoms with Crippen molar-refractivity contribution in [2.75, 3.05) is 13.1 Å². The number of nitrogens with one attached hydrogen (secondary N) is 2. The van der Waals surface area contributed by atoms with Crippen molar-refractivity contribution in [3.63, 3.8) is 0 Å². The summed E-state index contributed by atoms with van der Waals surface area (Å²) in [5.74, 6) is 0.124. The Kier molecular flexibility index (Phi) is 3.88. The van der Waals surface area contributed by atoms with Crippen LogP contribution in [0.4, 0.5) is 0 Å². The molecule has 1 saturated heterocycles. The minimum absolute atomic E-state index is 0.124. The molecule has 0 spiro atoms. The highest BCUT2D eigenvalue weighted by molar-refractivity contribution is 5.76. The highest BCUT2D eigenvalue weighted by Gasteiger charge is 2.16. The number of carbonyl (C=O) groups is 1. The standard InChI is InChI=1S/C12H17N3O/c16-12(15-11-6-8-13-9-11)5-4-10-3-1-2-7-14-10/h1-3,7,11,13H,4-6,8-9H2,(H,15,16)/t11-/m0/s1. The molecule has 0 unspecified atom stereocenters. The second-order valence-electron chi connectivity index (χ2n) is 4.08. The van der Waals surface area contributed by atoms with E-state index in [0.717, 1.165) is 25.2 Å². The Morgan fingerprint density at radius 2 is 2.50 bits per heavy atom. The Labute approximate surface area is 95.5 Å². The Morgan fingerprint density at radius 3 is 3.19 bits per heavy atom. The Balaban J connectivity index is 1.71. The fraction of sp³-hybridized carbons (Fsp3) is 0.500. The summed E-state index contributed by atoms with van der Waals surface area (Å²) in [6.07, 6.45) is 4.03. The molecule has 2 heterocycles. The molecule has 2 rings (SSSR count). The van der Waals surface area contributed by atoms with Gasteiger partial charge >= 0.3 is 0 Å². The average molecular weight is 219 g/mol. The predicted octanol–water partition coefficient (Wildman–Crippen LogP) is 0.492. The van der Waals surface area contributed by atoms with E-state index >= 15 is 0 Å². The third-order valence-corrected chi connectivity index (χ3v) is 2.76. The lowest BCUT2D eigenvalue weighted by Crippen LogP contribution is -2.36. The lowest BCUT2D eigenvalue weighted by Gasteiger charge is -2.10. The van der Waals surface area contributed by atoms with Crippen LogP contribution < -0.4 is 10.6 Å². The number of amides is 1. The first-order valence-corrected chi connectivity index (χ1v) is 5.74. The fourth-order valence-electron chi connectivity index (χ4n) is 1.87. The van der Waals surface area contributed by atoms with E-state index in [1.165, 1.54) is 0 Å². The van der Waals surface area contributed by atoms with Crippen molar-refractivity contribution in [3.8, 4) is 0 Å². The Morgan fingerprint density at radius 1 is 1.56 bits per heavy atom. The number of hydrogen-bond acceptors (Lipinski definition) is 3. The molecular weight excluding hydrogens is 202 g/mol. The quantitative estimate of drug-likeness (QED) is 0.775. The van der Waals surface area contributed by atoms with Gasteiger partial charge in [-0.05, 0) is 31.5 Å². The van der Waals surface area contributed by atoms with Crippen LogP contribution in [-0.2, 0) is 11.2 Å². The number of rotatable bonds is 4. The van der Waals surface area contributed by atoms with Crippen LogP contribution in [0.2, 0.25) is 0 Å². The van der Waals surface area contributed by atoms with Gasteiger partial charge in [0.25, 0.3) is 0 Å². The highest BCUT2D eigenvalue weighted by atomic mass is 16.1. The molecule has 16 heavy (non-hydrogen) atoms. The van der Waals surface area contributed by atoms with Crippen LogP contribution in [-0.4, -0.2) is 30.0 Å². The number of hydrogen-bond donors (Lipinski definition) is 2. The molecule has 86 valence electrons. The van der Waals surface area contributed by atoms with Crippen LogP contribution in [0.15, 0.2) is 24.4 Å². The number of nitrogens with zero attached hydrogens (tertiary/aromatic N) is 1. The molecule has 1 atom stereocenters. The van der Waals surface area contributed by atoms with Crippen molar-refractivity contribution >= 4 is 5.91 Å². The fourth-order valence-corrected chi connectivity index (χ4v) is 1.87. The molecule has 0 aliphatic carbocycles. The topological polar surface area (TPSA) is 54.0 Å². The number of aryl methyl sites for hydroxylation is 1. The Hall–Kier alpha value is -1.42. The van der Waals surface area contributed by atoms with Crippen LogP contribution in [0.5, 0.6) is 0 Å². The molecule has 4 heteroatoms. The van der Waals surface area contributed by atoms with Crippen molar-refractivity contribution in [2.24, 2.45) is 0 Å². The number of pyridine rings is 1. The maximum Gasteiger partial charge on any atom is 0.220 e. The van der Waals surface area contributed by atoms with Crippen molar-refractivity contribution in [2.45, 2.75) is 25.3 Å². The van der Waals surface area contributed by atoms with Gasteiger partial charge in [-0.3, -0.25) is 9.78 Å². The van der Waals surface area contributed by atoms with Crippen LogP contribution >= 0.6 is 0 Å². The van der Waals surface area contributed by atoms with Crippen LogP contribution in [0.1, 0.15) is 18.5 Å². The summed E-state index contributed by atoms with van der Waals surface area (Å²) in [6.45, 7) is 1.90. The first-order chi connectivity index (χ1) is 7.84. The van der Waals surface area contributed by atoms with E-state index in [4.69, 9.17) is 0 Å². The predicted molar refractivity (Wildman–Crippen MR) is 62.0 cm³/mol. The average Bonchev–Trinajstić information content (AvgIpc) is 2.81. The zero-order valence-corrected chi connectivity index (χ0v) is 9.28. The molecule has 0 aromatic carbocycles. The summed E-state index contributed by atoms with van der Waals surface area (Å²) in [7, 11) is 0. The second kappa shape index (κ2) is 5.61. The zero-order valence-electron chi connectivity index (χ0n) is 9.28.